The number of nitrogens with zero attached hydrogens (tertiary/aromatic N) is 2. The molecule has 2 atom stereocenters. The smallest absolute Gasteiger partial charge is 0.344 e. The number of aryl methyl sites for hydroxylation is 3. The molecular formula is C24H25F3N2. The Morgan fingerprint density at radius 2 is 1.79 bits per heavy atom. The van der Waals surface area contributed by atoms with Crippen LogP contribution in [0.5, 0.6) is 0 Å². The molecule has 0 aliphatic carbocycles. The quantitative estimate of drug-likeness (QED) is 0.533. The molecule has 2 aliphatic heterocycles. The van der Waals surface area contributed by atoms with Gasteiger partial charge in [0.05, 0.1) is 5.56 Å². The monoisotopic (exact) mass is 398 g/mol. The van der Waals surface area contributed by atoms with E-state index in [1.165, 1.54) is 52.7 Å². The van der Waals surface area contributed by atoms with Crippen molar-refractivity contribution in [2.45, 2.75) is 57.4 Å². The van der Waals surface area contributed by atoms with Crippen LogP contribution in [-0.4, -0.2) is 22.6 Å². The van der Waals surface area contributed by atoms with Crippen molar-refractivity contribution in [3.05, 3.63) is 70.4 Å². The van der Waals surface area contributed by atoms with Crippen LogP contribution in [0, 0.1) is 6.92 Å². The summed E-state index contributed by atoms with van der Waals surface area (Å²) >= 11 is 0. The van der Waals surface area contributed by atoms with E-state index in [2.05, 4.69) is 41.6 Å². The van der Waals surface area contributed by atoms with Gasteiger partial charge in [0.25, 0.3) is 0 Å². The summed E-state index contributed by atoms with van der Waals surface area (Å²) in [5, 5.41) is 1.35. The van der Waals surface area contributed by atoms with Crippen molar-refractivity contribution in [3.8, 4) is 0 Å². The molecule has 1 fully saturated rings. The molecule has 29 heavy (non-hydrogen) atoms. The third-order valence-corrected chi connectivity index (χ3v) is 6.88. The lowest BCUT2D eigenvalue weighted by atomic mass is 9.97. The highest BCUT2D eigenvalue weighted by Gasteiger charge is 2.40. The van der Waals surface area contributed by atoms with Crippen molar-refractivity contribution in [1.82, 2.24) is 9.47 Å². The zero-order chi connectivity index (χ0) is 20.3. The molecule has 1 aromatic heterocycles. The first-order chi connectivity index (χ1) is 13.8. The second kappa shape index (κ2) is 6.63. The van der Waals surface area contributed by atoms with E-state index in [1.54, 1.807) is 12.1 Å². The number of benzene rings is 2. The normalized spacial score (nSPS) is 21.7. The maximum atomic E-state index is 12.8. The summed E-state index contributed by atoms with van der Waals surface area (Å²) in [4.78, 5) is 2.53. The summed E-state index contributed by atoms with van der Waals surface area (Å²) in [6, 6.07) is 13.4. The molecular weight excluding hydrogens is 373 g/mol. The molecule has 2 unspecified atom stereocenters. The van der Waals surface area contributed by atoms with Crippen molar-refractivity contribution in [1.29, 1.82) is 0 Å². The Morgan fingerprint density at radius 3 is 2.52 bits per heavy atom. The highest BCUT2D eigenvalue weighted by atomic mass is 19.4. The first-order valence-electron chi connectivity index (χ1n) is 10.3. The second-order valence-corrected chi connectivity index (χ2v) is 8.59. The Labute approximate surface area is 168 Å². The fourth-order valence-corrected chi connectivity index (χ4v) is 5.33. The van der Waals surface area contributed by atoms with Gasteiger partial charge in [-0.15, -0.1) is 0 Å². The van der Waals surface area contributed by atoms with Crippen LogP contribution < -0.4 is 0 Å². The van der Waals surface area contributed by atoms with Crippen molar-refractivity contribution < 1.29 is 13.2 Å². The van der Waals surface area contributed by atoms with E-state index in [-0.39, 0.29) is 0 Å². The van der Waals surface area contributed by atoms with Crippen LogP contribution in [0.3, 0.4) is 0 Å². The summed E-state index contributed by atoms with van der Waals surface area (Å²) in [6.45, 7) is 2.93. The van der Waals surface area contributed by atoms with Gasteiger partial charge < -0.3 is 4.57 Å². The second-order valence-electron chi connectivity index (χ2n) is 8.59. The molecule has 0 amide bonds. The van der Waals surface area contributed by atoms with Crippen LogP contribution in [0.1, 0.15) is 46.8 Å². The lowest BCUT2D eigenvalue weighted by molar-refractivity contribution is -0.137. The molecule has 2 nitrogen and oxygen atoms in total. The maximum Gasteiger partial charge on any atom is 0.416 e. The van der Waals surface area contributed by atoms with Crippen molar-refractivity contribution in [2.24, 2.45) is 0 Å². The lowest BCUT2D eigenvalue weighted by Crippen LogP contribution is -2.34. The molecule has 3 heterocycles. The Balaban J connectivity index is 1.50. The molecule has 5 rings (SSSR count). The summed E-state index contributed by atoms with van der Waals surface area (Å²) in [7, 11) is 2.24. The van der Waals surface area contributed by atoms with Crippen molar-refractivity contribution in [3.63, 3.8) is 0 Å². The van der Waals surface area contributed by atoms with Crippen molar-refractivity contribution in [2.75, 3.05) is 7.05 Å². The van der Waals surface area contributed by atoms with Gasteiger partial charge in [0.2, 0.25) is 0 Å². The maximum absolute atomic E-state index is 12.8. The fraction of sp³-hybridized carbons (Fsp3) is 0.417. The van der Waals surface area contributed by atoms with Gasteiger partial charge in [-0.3, -0.25) is 4.90 Å². The minimum Gasteiger partial charge on any atom is -0.344 e. The number of alkyl halides is 3. The fourth-order valence-electron chi connectivity index (χ4n) is 5.33. The van der Waals surface area contributed by atoms with Gasteiger partial charge in [-0.25, -0.2) is 0 Å². The van der Waals surface area contributed by atoms with Gasteiger partial charge >= 0.3 is 6.18 Å². The molecule has 2 bridgehead atoms. The lowest BCUT2D eigenvalue weighted by Gasteiger charge is -2.32. The minimum absolute atomic E-state index is 0.486. The average Bonchev–Trinajstić information content (AvgIpc) is 3.09. The van der Waals surface area contributed by atoms with Crippen LogP contribution in [0.25, 0.3) is 10.9 Å². The average molecular weight is 398 g/mol. The van der Waals surface area contributed by atoms with Gasteiger partial charge in [-0.2, -0.15) is 13.2 Å². The van der Waals surface area contributed by atoms with Gasteiger partial charge in [-0.05, 0) is 68.6 Å². The van der Waals surface area contributed by atoms with Crippen LogP contribution >= 0.6 is 0 Å². The van der Waals surface area contributed by atoms with Crippen LogP contribution in [0.2, 0.25) is 0 Å². The van der Waals surface area contributed by atoms with E-state index < -0.39 is 11.7 Å². The summed E-state index contributed by atoms with van der Waals surface area (Å²) in [5.74, 6) is 0. The third kappa shape index (κ3) is 3.07. The Morgan fingerprint density at radius 1 is 1.03 bits per heavy atom. The van der Waals surface area contributed by atoms with Gasteiger partial charge in [-0.1, -0.05) is 23.8 Å². The van der Waals surface area contributed by atoms with Gasteiger partial charge in [0, 0.05) is 41.6 Å². The molecule has 2 aliphatic rings. The molecule has 0 saturated carbocycles. The van der Waals surface area contributed by atoms with E-state index >= 15 is 0 Å². The predicted molar refractivity (Wildman–Crippen MR) is 109 cm³/mol. The van der Waals surface area contributed by atoms with Crippen LogP contribution in [-0.2, 0) is 25.6 Å². The largest absolute Gasteiger partial charge is 0.416 e. The summed E-state index contributed by atoms with van der Waals surface area (Å²) in [6.07, 6.45) is -0.0456. The highest BCUT2D eigenvalue weighted by Crippen LogP contribution is 2.47. The number of hydrogen-bond acceptors (Lipinski definition) is 1. The minimum atomic E-state index is -4.28. The van der Waals surface area contributed by atoms with E-state index in [0.29, 0.717) is 12.1 Å². The molecule has 0 spiro atoms. The topological polar surface area (TPSA) is 8.17 Å². The first kappa shape index (κ1) is 18.7. The molecule has 2 aromatic carbocycles. The van der Waals surface area contributed by atoms with E-state index in [4.69, 9.17) is 0 Å². The predicted octanol–water partition coefficient (Wildman–Crippen LogP) is 5.90. The molecule has 1 saturated heterocycles. The number of fused-ring (bicyclic) bond motifs is 6. The summed E-state index contributed by atoms with van der Waals surface area (Å²) < 4.78 is 40.9. The van der Waals surface area contributed by atoms with Crippen LogP contribution in [0.15, 0.2) is 42.5 Å². The molecule has 0 radical (unpaired) electrons. The Bertz CT molecular complexity index is 1060. The Kier molecular flexibility index (Phi) is 4.28. The third-order valence-electron chi connectivity index (χ3n) is 6.88. The van der Waals surface area contributed by atoms with Crippen molar-refractivity contribution >= 4 is 10.9 Å². The standard InChI is InChI=1S/C24H25F3N2/c1-15-3-9-20-19(13-15)23-21-10-8-18(28(21)2)14-22(23)29(20)12-11-16-4-6-17(7-5-16)24(25,26)27/h3-7,9,13,18,21H,8,10-12,14H2,1-2H3. The van der Waals surface area contributed by atoms with E-state index in [1.807, 2.05) is 0 Å². The van der Waals surface area contributed by atoms with Gasteiger partial charge in [0.1, 0.15) is 0 Å². The molecule has 3 aromatic rings. The number of hydrogen-bond donors (Lipinski definition) is 0. The Hall–Kier alpha value is -2.27. The summed E-state index contributed by atoms with van der Waals surface area (Å²) in [5.41, 5.74) is 5.80. The number of aromatic nitrogens is 1. The zero-order valence-corrected chi connectivity index (χ0v) is 16.8. The molecule has 0 N–H and O–H groups in total. The number of likely N-dealkylation sites (N-methyl/N-ethyl adjacent to an activating group) is 1. The highest BCUT2D eigenvalue weighted by molar-refractivity contribution is 5.87. The van der Waals surface area contributed by atoms with Crippen LogP contribution in [0.4, 0.5) is 13.2 Å². The molecule has 152 valence electrons. The number of rotatable bonds is 3. The SMILES string of the molecule is Cc1ccc2c(c1)c1c(n2CCc2ccc(C(F)(F)F)cc2)CC2CCC1N2C. The molecule has 5 heteroatoms. The number of halogens is 3. The van der Waals surface area contributed by atoms with E-state index in [9.17, 15) is 13.2 Å². The van der Waals surface area contributed by atoms with Gasteiger partial charge in [0.15, 0.2) is 0 Å². The first-order valence-corrected chi connectivity index (χ1v) is 10.3. The van der Waals surface area contributed by atoms with E-state index in [0.717, 1.165) is 24.9 Å². The zero-order valence-electron chi connectivity index (χ0n) is 16.8.